The Morgan fingerprint density at radius 1 is 1.00 bits per heavy atom. The molecule has 0 saturated heterocycles. The molecule has 0 fully saturated rings. The van der Waals surface area contributed by atoms with Crippen molar-refractivity contribution in [3.63, 3.8) is 0 Å². The van der Waals surface area contributed by atoms with Crippen molar-refractivity contribution in [1.82, 2.24) is 0 Å². The third kappa shape index (κ3) is 5.38. The van der Waals surface area contributed by atoms with Gasteiger partial charge in [0.25, 0.3) is 0 Å². The number of alkyl halides is 3. The first-order valence-corrected chi connectivity index (χ1v) is 8.41. The average molecular weight is 393 g/mol. The van der Waals surface area contributed by atoms with Crippen LogP contribution < -0.4 is 21.9 Å². The fourth-order valence-corrected chi connectivity index (χ4v) is 2.47. The van der Waals surface area contributed by atoms with Gasteiger partial charge in [-0.05, 0) is 48.2 Å². The van der Waals surface area contributed by atoms with Crippen molar-refractivity contribution < 1.29 is 17.9 Å². The minimum absolute atomic E-state index is 0.0919. The second-order valence-electron chi connectivity index (χ2n) is 6.48. The van der Waals surface area contributed by atoms with E-state index >= 15 is 0 Å². The molecule has 0 radical (unpaired) electrons. The molecule has 0 aliphatic carbocycles. The predicted molar refractivity (Wildman–Crippen MR) is 104 cm³/mol. The minimum Gasteiger partial charge on any atom is -0.455 e. The highest BCUT2D eigenvalue weighted by atomic mass is 19.4. The van der Waals surface area contributed by atoms with Crippen molar-refractivity contribution in [3.05, 3.63) is 53.1 Å². The van der Waals surface area contributed by atoms with Gasteiger partial charge in [0.1, 0.15) is 11.4 Å². The van der Waals surface area contributed by atoms with Gasteiger partial charge in [0, 0.05) is 0 Å². The van der Waals surface area contributed by atoms with Crippen LogP contribution in [0.5, 0.6) is 11.5 Å². The fraction of sp³-hybridized carbons (Fsp3) is 0.263. The van der Waals surface area contributed by atoms with Crippen LogP contribution in [-0.4, -0.2) is 11.9 Å². The quantitative estimate of drug-likeness (QED) is 0.535. The Balaban J connectivity index is 2.58. The molecule has 150 valence electrons. The molecule has 2 aromatic carbocycles. The largest absolute Gasteiger partial charge is 0.455 e. The summed E-state index contributed by atoms with van der Waals surface area (Å²) in [6.45, 7) is 5.86. The molecule has 0 aliphatic heterocycles. The summed E-state index contributed by atoms with van der Waals surface area (Å²) in [6.07, 6.45) is -4.56. The number of hydrogen-bond donors (Lipinski definition) is 3. The number of hydrogen-bond acceptors (Lipinski definition) is 2. The molecule has 0 spiro atoms. The average Bonchev–Trinajstić information content (AvgIpc) is 2.54. The van der Waals surface area contributed by atoms with Gasteiger partial charge in [-0.1, -0.05) is 26.0 Å². The molecule has 2 aromatic rings. The van der Waals surface area contributed by atoms with Gasteiger partial charge >= 0.3 is 6.18 Å². The molecule has 0 amide bonds. The third-order valence-corrected chi connectivity index (χ3v) is 3.78. The van der Waals surface area contributed by atoms with E-state index in [9.17, 15) is 13.2 Å². The first-order chi connectivity index (χ1) is 13.0. The second-order valence-corrected chi connectivity index (χ2v) is 6.48. The lowest BCUT2D eigenvalue weighted by molar-refractivity contribution is -0.137. The number of nitrogens with two attached hydrogens (primary N) is 3. The molecule has 0 aromatic heterocycles. The highest BCUT2D eigenvalue weighted by Gasteiger charge is 2.31. The Labute approximate surface area is 160 Å². The predicted octanol–water partition coefficient (Wildman–Crippen LogP) is 4.15. The van der Waals surface area contributed by atoms with E-state index in [1.54, 1.807) is 6.07 Å². The maximum atomic E-state index is 13.1. The summed E-state index contributed by atoms with van der Waals surface area (Å²) in [7, 11) is 0. The van der Waals surface area contributed by atoms with Crippen LogP contribution in [0.4, 0.5) is 18.9 Å². The normalized spacial score (nSPS) is 12.2. The van der Waals surface area contributed by atoms with Crippen molar-refractivity contribution in [2.45, 2.75) is 32.9 Å². The molecule has 28 heavy (non-hydrogen) atoms. The standard InChI is InChI=1S/C19H22F3N5O/c1-10(2)13-6-4-11(3)8-16(13)28-15-7-5-12(19(20,21)22)9-14(15)26-18(25)27-17(23)24/h4-10H,1-3H3,(H6,23,24,25,26,27). The Morgan fingerprint density at radius 2 is 1.68 bits per heavy atom. The van der Waals surface area contributed by atoms with E-state index in [1.807, 2.05) is 32.9 Å². The summed E-state index contributed by atoms with van der Waals surface area (Å²) >= 11 is 0. The van der Waals surface area contributed by atoms with Gasteiger partial charge in [-0.3, -0.25) is 0 Å². The van der Waals surface area contributed by atoms with Crippen LogP contribution in [0.25, 0.3) is 0 Å². The van der Waals surface area contributed by atoms with E-state index in [4.69, 9.17) is 21.9 Å². The summed E-state index contributed by atoms with van der Waals surface area (Å²) < 4.78 is 45.2. The number of nitrogens with zero attached hydrogens (tertiary/aromatic N) is 2. The van der Waals surface area contributed by atoms with Gasteiger partial charge in [-0.25, -0.2) is 4.99 Å². The minimum atomic E-state index is -4.56. The van der Waals surface area contributed by atoms with Crippen molar-refractivity contribution >= 4 is 17.6 Å². The number of ether oxygens (including phenoxy) is 1. The molecule has 0 atom stereocenters. The number of aryl methyl sites for hydroxylation is 1. The number of guanidine groups is 2. The smallest absolute Gasteiger partial charge is 0.416 e. The zero-order chi connectivity index (χ0) is 21.1. The van der Waals surface area contributed by atoms with Crippen molar-refractivity contribution in [1.29, 1.82) is 0 Å². The summed E-state index contributed by atoms with van der Waals surface area (Å²) in [5, 5.41) is 0. The number of halogens is 3. The van der Waals surface area contributed by atoms with E-state index in [2.05, 4.69) is 9.98 Å². The topological polar surface area (TPSA) is 112 Å². The summed E-state index contributed by atoms with van der Waals surface area (Å²) in [5.74, 6) is -0.00135. The Morgan fingerprint density at radius 3 is 2.25 bits per heavy atom. The lowest BCUT2D eigenvalue weighted by atomic mass is 10.0. The molecule has 0 unspecified atom stereocenters. The Hall–Kier alpha value is -3.23. The molecule has 9 heteroatoms. The van der Waals surface area contributed by atoms with Crippen LogP contribution in [0.3, 0.4) is 0 Å². The van der Waals surface area contributed by atoms with Gasteiger partial charge in [-0.2, -0.15) is 18.2 Å². The van der Waals surface area contributed by atoms with Gasteiger partial charge in [0.15, 0.2) is 11.7 Å². The van der Waals surface area contributed by atoms with Crippen molar-refractivity contribution in [2.24, 2.45) is 27.2 Å². The van der Waals surface area contributed by atoms with Gasteiger partial charge in [-0.15, -0.1) is 0 Å². The van der Waals surface area contributed by atoms with Crippen LogP contribution >= 0.6 is 0 Å². The SMILES string of the molecule is Cc1ccc(C(C)C)c(Oc2ccc(C(F)(F)F)cc2N=C(N)N=C(N)N)c1. The maximum absolute atomic E-state index is 13.1. The highest BCUT2D eigenvalue weighted by Crippen LogP contribution is 2.40. The van der Waals surface area contributed by atoms with Crippen molar-refractivity contribution in [3.8, 4) is 11.5 Å². The van der Waals surface area contributed by atoms with E-state index in [0.29, 0.717) is 5.75 Å². The van der Waals surface area contributed by atoms with Gasteiger partial charge < -0.3 is 21.9 Å². The summed E-state index contributed by atoms with van der Waals surface area (Å²) in [5.41, 5.74) is 16.9. The van der Waals surface area contributed by atoms with E-state index in [1.165, 1.54) is 6.07 Å². The first kappa shape index (κ1) is 21.1. The molecular formula is C19H22F3N5O. The molecule has 0 saturated carbocycles. The summed E-state index contributed by atoms with van der Waals surface area (Å²) in [6, 6.07) is 8.59. The highest BCUT2D eigenvalue weighted by molar-refractivity contribution is 5.94. The zero-order valence-electron chi connectivity index (χ0n) is 15.7. The molecule has 0 aliphatic rings. The summed E-state index contributed by atoms with van der Waals surface area (Å²) in [4.78, 5) is 7.42. The van der Waals surface area contributed by atoms with E-state index in [0.717, 1.165) is 23.3 Å². The Kier molecular flexibility index (Phi) is 6.17. The molecule has 0 heterocycles. The van der Waals surface area contributed by atoms with E-state index in [-0.39, 0.29) is 23.3 Å². The van der Waals surface area contributed by atoms with Crippen LogP contribution in [0.2, 0.25) is 0 Å². The Bertz CT molecular complexity index is 916. The third-order valence-electron chi connectivity index (χ3n) is 3.78. The molecule has 2 rings (SSSR count). The molecular weight excluding hydrogens is 371 g/mol. The van der Waals surface area contributed by atoms with E-state index < -0.39 is 17.7 Å². The van der Waals surface area contributed by atoms with Gasteiger partial charge in [0.2, 0.25) is 5.96 Å². The molecule has 6 nitrogen and oxygen atoms in total. The van der Waals surface area contributed by atoms with Crippen LogP contribution in [0.1, 0.15) is 36.5 Å². The van der Waals surface area contributed by atoms with Crippen LogP contribution in [0.15, 0.2) is 46.4 Å². The first-order valence-electron chi connectivity index (χ1n) is 8.41. The second kappa shape index (κ2) is 8.20. The number of benzene rings is 2. The van der Waals surface area contributed by atoms with Crippen LogP contribution in [-0.2, 0) is 6.18 Å². The molecule has 6 N–H and O–H groups in total. The number of rotatable bonds is 4. The monoisotopic (exact) mass is 393 g/mol. The van der Waals surface area contributed by atoms with Crippen molar-refractivity contribution in [2.75, 3.05) is 0 Å². The molecule has 0 bridgehead atoms. The van der Waals surface area contributed by atoms with Gasteiger partial charge in [0.05, 0.1) is 5.56 Å². The zero-order valence-corrected chi connectivity index (χ0v) is 15.7. The fourth-order valence-electron chi connectivity index (χ4n) is 2.47. The van der Waals surface area contributed by atoms with Crippen LogP contribution in [0, 0.1) is 6.92 Å². The lowest BCUT2D eigenvalue weighted by Gasteiger charge is -2.17. The maximum Gasteiger partial charge on any atom is 0.416 e. The number of aliphatic imine (C=N–C) groups is 2. The lowest BCUT2D eigenvalue weighted by Crippen LogP contribution is -2.26.